The molecule has 1 aromatic rings. The number of nitrogens with one attached hydrogen (secondary N) is 1. The Kier molecular flexibility index (Phi) is 2.53. The second kappa shape index (κ2) is 3.87. The van der Waals surface area contributed by atoms with Crippen molar-refractivity contribution < 1.29 is 0 Å². The van der Waals surface area contributed by atoms with Gasteiger partial charge in [-0.25, -0.2) is 4.98 Å². The molecular formula is C12H18N2S. The zero-order chi connectivity index (χ0) is 10.3. The van der Waals surface area contributed by atoms with Crippen molar-refractivity contribution in [3.8, 4) is 0 Å². The fourth-order valence-corrected chi connectivity index (χ4v) is 3.12. The molecule has 0 atom stereocenters. The molecule has 2 fully saturated rings. The van der Waals surface area contributed by atoms with Gasteiger partial charge >= 0.3 is 0 Å². The van der Waals surface area contributed by atoms with Crippen LogP contribution in [0.2, 0.25) is 0 Å². The minimum atomic E-state index is 0.807. The number of aryl methyl sites for hydroxylation is 1. The standard InChI is InChI=1S/C12H18N2S/c1-2-10-11(7-13-9-5-6-9)15-12(14-10)8-3-4-8/h8-9,13H,2-7H2,1H3. The van der Waals surface area contributed by atoms with Gasteiger partial charge in [-0.1, -0.05) is 6.92 Å². The van der Waals surface area contributed by atoms with Crippen molar-refractivity contribution in [2.75, 3.05) is 0 Å². The molecule has 0 spiro atoms. The predicted molar refractivity (Wildman–Crippen MR) is 63.3 cm³/mol. The average molecular weight is 222 g/mol. The summed E-state index contributed by atoms with van der Waals surface area (Å²) in [5.74, 6) is 0.815. The summed E-state index contributed by atoms with van der Waals surface area (Å²) in [4.78, 5) is 6.26. The van der Waals surface area contributed by atoms with Crippen LogP contribution in [0.25, 0.3) is 0 Å². The number of hydrogen-bond acceptors (Lipinski definition) is 3. The SMILES string of the molecule is CCc1nc(C2CC2)sc1CNC1CC1. The number of nitrogens with zero attached hydrogens (tertiary/aromatic N) is 1. The van der Waals surface area contributed by atoms with Crippen LogP contribution in [0.3, 0.4) is 0 Å². The summed E-state index contributed by atoms with van der Waals surface area (Å²) < 4.78 is 0. The minimum Gasteiger partial charge on any atom is -0.309 e. The molecule has 2 aliphatic rings. The van der Waals surface area contributed by atoms with Crippen LogP contribution in [-0.2, 0) is 13.0 Å². The monoisotopic (exact) mass is 222 g/mol. The fourth-order valence-electron chi connectivity index (χ4n) is 1.85. The first-order valence-corrected chi connectivity index (χ1v) is 6.90. The molecule has 15 heavy (non-hydrogen) atoms. The summed E-state index contributed by atoms with van der Waals surface area (Å²) in [6, 6.07) is 0.807. The first kappa shape index (κ1) is 9.79. The maximum absolute atomic E-state index is 4.77. The number of thiazole rings is 1. The fraction of sp³-hybridized carbons (Fsp3) is 0.750. The van der Waals surface area contributed by atoms with Crippen molar-refractivity contribution in [1.82, 2.24) is 10.3 Å². The average Bonchev–Trinajstić information content (AvgIpc) is 3.13. The van der Waals surface area contributed by atoms with Gasteiger partial charge in [-0.15, -0.1) is 11.3 Å². The van der Waals surface area contributed by atoms with E-state index in [9.17, 15) is 0 Å². The molecule has 0 aliphatic heterocycles. The zero-order valence-electron chi connectivity index (χ0n) is 9.25. The normalized spacial score (nSPS) is 20.9. The Morgan fingerprint density at radius 1 is 1.33 bits per heavy atom. The van der Waals surface area contributed by atoms with Crippen LogP contribution in [0.4, 0.5) is 0 Å². The molecule has 0 aromatic carbocycles. The van der Waals surface area contributed by atoms with Gasteiger partial charge in [-0.05, 0) is 32.1 Å². The first-order valence-electron chi connectivity index (χ1n) is 6.08. The highest BCUT2D eigenvalue weighted by atomic mass is 32.1. The van der Waals surface area contributed by atoms with E-state index in [-0.39, 0.29) is 0 Å². The summed E-state index contributed by atoms with van der Waals surface area (Å²) in [6.45, 7) is 3.27. The molecular weight excluding hydrogens is 204 g/mol. The molecule has 82 valence electrons. The van der Waals surface area contributed by atoms with Crippen molar-refractivity contribution >= 4 is 11.3 Å². The Bertz CT molecular complexity index is 351. The Hall–Kier alpha value is -0.410. The van der Waals surface area contributed by atoms with Gasteiger partial charge in [-0.3, -0.25) is 0 Å². The zero-order valence-corrected chi connectivity index (χ0v) is 10.1. The van der Waals surface area contributed by atoms with E-state index in [0.29, 0.717) is 0 Å². The van der Waals surface area contributed by atoms with Crippen LogP contribution >= 0.6 is 11.3 Å². The highest BCUT2D eigenvalue weighted by Gasteiger charge is 2.28. The molecule has 0 radical (unpaired) electrons. The summed E-state index contributed by atoms with van der Waals surface area (Å²) in [5.41, 5.74) is 1.34. The highest BCUT2D eigenvalue weighted by molar-refractivity contribution is 7.11. The molecule has 1 heterocycles. The quantitative estimate of drug-likeness (QED) is 0.828. The van der Waals surface area contributed by atoms with Gasteiger partial charge in [0.25, 0.3) is 0 Å². The number of rotatable bonds is 5. The maximum atomic E-state index is 4.77. The third-order valence-electron chi connectivity index (χ3n) is 3.18. The van der Waals surface area contributed by atoms with Gasteiger partial charge in [0.2, 0.25) is 0 Å². The predicted octanol–water partition coefficient (Wildman–Crippen LogP) is 2.83. The topological polar surface area (TPSA) is 24.9 Å². The van der Waals surface area contributed by atoms with Crippen molar-refractivity contribution in [2.24, 2.45) is 0 Å². The second-order valence-corrected chi connectivity index (χ2v) is 5.82. The van der Waals surface area contributed by atoms with E-state index >= 15 is 0 Å². The lowest BCUT2D eigenvalue weighted by molar-refractivity contribution is 0.689. The summed E-state index contributed by atoms with van der Waals surface area (Å²) in [7, 11) is 0. The van der Waals surface area contributed by atoms with E-state index in [0.717, 1.165) is 24.9 Å². The van der Waals surface area contributed by atoms with Gasteiger partial charge in [0.1, 0.15) is 0 Å². The molecule has 0 bridgehead atoms. The molecule has 0 unspecified atom stereocenters. The lowest BCUT2D eigenvalue weighted by atomic mass is 10.3. The molecule has 1 aromatic heterocycles. The number of aromatic nitrogens is 1. The molecule has 2 saturated carbocycles. The van der Waals surface area contributed by atoms with Gasteiger partial charge in [0, 0.05) is 23.4 Å². The third-order valence-corrected chi connectivity index (χ3v) is 4.45. The highest BCUT2D eigenvalue weighted by Crippen LogP contribution is 2.42. The molecule has 0 amide bonds. The molecule has 2 nitrogen and oxygen atoms in total. The third kappa shape index (κ3) is 2.23. The van der Waals surface area contributed by atoms with Crippen LogP contribution in [-0.4, -0.2) is 11.0 Å². The lowest BCUT2D eigenvalue weighted by Crippen LogP contribution is -2.15. The summed E-state index contributed by atoms with van der Waals surface area (Å²) in [6.07, 6.45) is 6.56. The molecule has 3 rings (SSSR count). The van der Waals surface area contributed by atoms with Gasteiger partial charge in [-0.2, -0.15) is 0 Å². The minimum absolute atomic E-state index is 0.807. The van der Waals surface area contributed by atoms with Crippen molar-refractivity contribution in [2.45, 2.75) is 57.5 Å². The van der Waals surface area contributed by atoms with Crippen LogP contribution in [0.15, 0.2) is 0 Å². The van der Waals surface area contributed by atoms with Gasteiger partial charge < -0.3 is 5.32 Å². The van der Waals surface area contributed by atoms with Gasteiger partial charge in [0.05, 0.1) is 10.7 Å². The van der Waals surface area contributed by atoms with E-state index in [1.165, 1.54) is 41.3 Å². The molecule has 1 N–H and O–H groups in total. The summed E-state index contributed by atoms with van der Waals surface area (Å²) >= 11 is 1.95. The maximum Gasteiger partial charge on any atom is 0.0962 e. The van der Waals surface area contributed by atoms with Crippen LogP contribution < -0.4 is 5.32 Å². The van der Waals surface area contributed by atoms with E-state index in [4.69, 9.17) is 4.98 Å². The van der Waals surface area contributed by atoms with E-state index in [1.54, 1.807) is 0 Å². The summed E-state index contributed by atoms with van der Waals surface area (Å²) in [5, 5.41) is 4.99. The van der Waals surface area contributed by atoms with E-state index in [2.05, 4.69) is 12.2 Å². The largest absolute Gasteiger partial charge is 0.309 e. The van der Waals surface area contributed by atoms with Crippen LogP contribution in [0.5, 0.6) is 0 Å². The van der Waals surface area contributed by atoms with Crippen LogP contribution in [0, 0.1) is 0 Å². The Morgan fingerprint density at radius 3 is 2.73 bits per heavy atom. The Balaban J connectivity index is 1.71. The molecule has 3 heteroatoms. The Labute approximate surface area is 95.1 Å². The smallest absolute Gasteiger partial charge is 0.0962 e. The second-order valence-electron chi connectivity index (χ2n) is 4.70. The van der Waals surface area contributed by atoms with E-state index < -0.39 is 0 Å². The molecule has 0 saturated heterocycles. The van der Waals surface area contributed by atoms with Gasteiger partial charge in [0.15, 0.2) is 0 Å². The lowest BCUT2D eigenvalue weighted by Gasteiger charge is -2.00. The number of hydrogen-bond donors (Lipinski definition) is 1. The van der Waals surface area contributed by atoms with Crippen molar-refractivity contribution in [1.29, 1.82) is 0 Å². The van der Waals surface area contributed by atoms with Crippen molar-refractivity contribution in [3.63, 3.8) is 0 Å². The van der Waals surface area contributed by atoms with Crippen LogP contribution in [0.1, 0.15) is 54.1 Å². The Morgan fingerprint density at radius 2 is 2.13 bits per heavy atom. The van der Waals surface area contributed by atoms with Crippen molar-refractivity contribution in [3.05, 3.63) is 15.6 Å². The molecule has 2 aliphatic carbocycles. The first-order chi connectivity index (χ1) is 7.36. The van der Waals surface area contributed by atoms with E-state index in [1.807, 2.05) is 11.3 Å².